The lowest BCUT2D eigenvalue weighted by Gasteiger charge is -2.30. The molecule has 2 rings (SSSR count). The normalized spacial score (nSPS) is 17.7. The van der Waals surface area contributed by atoms with E-state index in [4.69, 9.17) is 5.73 Å². The van der Waals surface area contributed by atoms with Crippen molar-refractivity contribution in [2.45, 2.75) is 38.1 Å². The first-order valence-corrected chi connectivity index (χ1v) is 7.90. The number of carbonyl (C=O) groups excluding carboxylic acids is 1. The number of phenols is 1. The standard InChI is InChI=1S/C15H21BrN2O2/c16-11-6-7-12(14(19)8-11)15(20)18-13(9-17)10-4-2-1-3-5-10/h6-8,10,13,19H,1-5,9,17H2,(H,18,20). The van der Waals surface area contributed by atoms with Gasteiger partial charge in [-0.05, 0) is 37.0 Å². The lowest BCUT2D eigenvalue weighted by Crippen LogP contribution is -2.45. The molecule has 1 aliphatic carbocycles. The van der Waals surface area contributed by atoms with Gasteiger partial charge in [0.15, 0.2) is 0 Å². The van der Waals surface area contributed by atoms with E-state index in [0.717, 1.165) is 17.3 Å². The monoisotopic (exact) mass is 340 g/mol. The Bertz CT molecular complexity index is 473. The maximum absolute atomic E-state index is 12.2. The van der Waals surface area contributed by atoms with Gasteiger partial charge in [0, 0.05) is 17.1 Å². The molecule has 1 aliphatic rings. The third kappa shape index (κ3) is 3.73. The molecule has 0 aromatic heterocycles. The Balaban J connectivity index is 2.04. The Morgan fingerprint density at radius 2 is 2.10 bits per heavy atom. The van der Waals surface area contributed by atoms with Crippen molar-refractivity contribution in [3.63, 3.8) is 0 Å². The second kappa shape index (κ2) is 7.09. The summed E-state index contributed by atoms with van der Waals surface area (Å²) in [6.45, 7) is 0.438. The van der Waals surface area contributed by atoms with Gasteiger partial charge >= 0.3 is 0 Å². The third-order valence-electron chi connectivity index (χ3n) is 3.99. The van der Waals surface area contributed by atoms with Gasteiger partial charge in [-0.25, -0.2) is 0 Å². The summed E-state index contributed by atoms with van der Waals surface area (Å²) in [6.07, 6.45) is 5.93. The lowest BCUT2D eigenvalue weighted by atomic mass is 9.84. The summed E-state index contributed by atoms with van der Waals surface area (Å²) in [5.74, 6) is 0.183. The molecule has 4 N–H and O–H groups in total. The van der Waals surface area contributed by atoms with Gasteiger partial charge in [-0.2, -0.15) is 0 Å². The number of benzene rings is 1. The van der Waals surface area contributed by atoms with Crippen molar-refractivity contribution in [2.24, 2.45) is 11.7 Å². The number of carbonyl (C=O) groups is 1. The van der Waals surface area contributed by atoms with E-state index < -0.39 is 0 Å². The van der Waals surface area contributed by atoms with E-state index in [0.29, 0.717) is 18.0 Å². The van der Waals surface area contributed by atoms with Gasteiger partial charge in [0.2, 0.25) is 0 Å². The number of hydrogen-bond donors (Lipinski definition) is 3. The Labute approximate surface area is 127 Å². The Kier molecular flexibility index (Phi) is 5.43. The number of phenolic OH excluding ortho intramolecular Hbond substituents is 1. The van der Waals surface area contributed by atoms with Crippen molar-refractivity contribution >= 4 is 21.8 Å². The number of rotatable bonds is 4. The molecule has 0 spiro atoms. The molecule has 110 valence electrons. The molecule has 1 fully saturated rings. The van der Waals surface area contributed by atoms with Gasteiger partial charge in [0.1, 0.15) is 5.75 Å². The maximum atomic E-state index is 12.2. The van der Waals surface area contributed by atoms with Crippen LogP contribution >= 0.6 is 15.9 Å². The number of nitrogens with one attached hydrogen (secondary N) is 1. The fourth-order valence-electron chi connectivity index (χ4n) is 2.85. The number of hydrogen-bond acceptors (Lipinski definition) is 3. The summed E-state index contributed by atoms with van der Waals surface area (Å²) < 4.78 is 0.745. The molecular formula is C15H21BrN2O2. The van der Waals surface area contributed by atoms with E-state index in [1.54, 1.807) is 12.1 Å². The molecule has 1 aromatic carbocycles. The van der Waals surface area contributed by atoms with Crippen LogP contribution in [0.3, 0.4) is 0 Å². The predicted molar refractivity (Wildman–Crippen MR) is 82.7 cm³/mol. The van der Waals surface area contributed by atoms with Crippen LogP contribution in [0.5, 0.6) is 5.75 Å². The van der Waals surface area contributed by atoms with Crippen molar-refractivity contribution in [3.05, 3.63) is 28.2 Å². The van der Waals surface area contributed by atoms with E-state index >= 15 is 0 Å². The summed E-state index contributed by atoms with van der Waals surface area (Å²) >= 11 is 3.26. The zero-order valence-corrected chi connectivity index (χ0v) is 13.0. The summed E-state index contributed by atoms with van der Waals surface area (Å²) in [7, 11) is 0. The fourth-order valence-corrected chi connectivity index (χ4v) is 3.20. The highest BCUT2D eigenvalue weighted by Crippen LogP contribution is 2.27. The van der Waals surface area contributed by atoms with Crippen LogP contribution in [0.25, 0.3) is 0 Å². The second-order valence-electron chi connectivity index (χ2n) is 5.38. The minimum absolute atomic E-state index is 0.00848. The molecule has 0 saturated heterocycles. The molecule has 0 bridgehead atoms. The summed E-state index contributed by atoms with van der Waals surface area (Å²) in [5.41, 5.74) is 6.10. The van der Waals surface area contributed by atoms with E-state index in [2.05, 4.69) is 21.2 Å². The Morgan fingerprint density at radius 3 is 2.70 bits per heavy atom. The molecule has 1 saturated carbocycles. The Morgan fingerprint density at radius 1 is 1.40 bits per heavy atom. The first kappa shape index (κ1) is 15.3. The lowest BCUT2D eigenvalue weighted by molar-refractivity contribution is 0.0913. The van der Waals surface area contributed by atoms with Gasteiger partial charge in [-0.15, -0.1) is 0 Å². The minimum atomic E-state index is -0.254. The van der Waals surface area contributed by atoms with Crippen LogP contribution in [0.2, 0.25) is 0 Å². The molecule has 4 nitrogen and oxygen atoms in total. The highest BCUT2D eigenvalue weighted by atomic mass is 79.9. The van der Waals surface area contributed by atoms with E-state index in [1.807, 2.05) is 0 Å². The third-order valence-corrected chi connectivity index (χ3v) is 4.49. The molecule has 0 radical (unpaired) electrons. The zero-order chi connectivity index (χ0) is 14.5. The molecule has 5 heteroatoms. The average molecular weight is 341 g/mol. The summed E-state index contributed by atoms with van der Waals surface area (Å²) in [4.78, 5) is 12.2. The largest absolute Gasteiger partial charge is 0.507 e. The fraction of sp³-hybridized carbons (Fsp3) is 0.533. The molecule has 0 heterocycles. The van der Waals surface area contributed by atoms with Crippen LogP contribution in [0.1, 0.15) is 42.5 Å². The first-order chi connectivity index (χ1) is 9.61. The van der Waals surface area contributed by atoms with Crippen molar-refractivity contribution in [1.82, 2.24) is 5.32 Å². The van der Waals surface area contributed by atoms with Crippen LogP contribution in [-0.2, 0) is 0 Å². The average Bonchev–Trinajstić information content (AvgIpc) is 2.45. The minimum Gasteiger partial charge on any atom is -0.507 e. The SMILES string of the molecule is NCC(NC(=O)c1ccc(Br)cc1O)C1CCCCC1. The summed E-state index contributed by atoms with van der Waals surface area (Å²) in [5, 5.41) is 12.8. The smallest absolute Gasteiger partial charge is 0.255 e. The highest BCUT2D eigenvalue weighted by Gasteiger charge is 2.25. The van der Waals surface area contributed by atoms with E-state index in [-0.39, 0.29) is 17.7 Å². The van der Waals surface area contributed by atoms with Gasteiger partial charge in [0.05, 0.1) is 5.56 Å². The van der Waals surface area contributed by atoms with Crippen molar-refractivity contribution in [3.8, 4) is 5.75 Å². The van der Waals surface area contributed by atoms with E-state index in [1.165, 1.54) is 25.3 Å². The van der Waals surface area contributed by atoms with Crippen LogP contribution in [0.15, 0.2) is 22.7 Å². The number of halogens is 1. The van der Waals surface area contributed by atoms with Crippen molar-refractivity contribution < 1.29 is 9.90 Å². The molecule has 0 aliphatic heterocycles. The van der Waals surface area contributed by atoms with Gasteiger partial charge < -0.3 is 16.2 Å². The van der Waals surface area contributed by atoms with Gasteiger partial charge in [0.25, 0.3) is 5.91 Å². The van der Waals surface area contributed by atoms with Crippen LogP contribution in [-0.4, -0.2) is 23.6 Å². The second-order valence-corrected chi connectivity index (χ2v) is 6.29. The number of nitrogens with two attached hydrogens (primary N) is 1. The van der Waals surface area contributed by atoms with Crippen LogP contribution < -0.4 is 11.1 Å². The number of amides is 1. The molecule has 1 atom stereocenters. The molecular weight excluding hydrogens is 320 g/mol. The van der Waals surface area contributed by atoms with Gasteiger partial charge in [-0.3, -0.25) is 4.79 Å². The molecule has 1 amide bonds. The first-order valence-electron chi connectivity index (χ1n) is 7.11. The highest BCUT2D eigenvalue weighted by molar-refractivity contribution is 9.10. The molecule has 20 heavy (non-hydrogen) atoms. The molecule has 1 unspecified atom stereocenters. The summed E-state index contributed by atoms with van der Waals surface area (Å²) in [6, 6.07) is 4.87. The van der Waals surface area contributed by atoms with E-state index in [9.17, 15) is 9.90 Å². The van der Waals surface area contributed by atoms with Crippen molar-refractivity contribution in [1.29, 1.82) is 0 Å². The van der Waals surface area contributed by atoms with Crippen LogP contribution in [0.4, 0.5) is 0 Å². The zero-order valence-electron chi connectivity index (χ0n) is 11.4. The topological polar surface area (TPSA) is 75.3 Å². The van der Waals surface area contributed by atoms with Crippen molar-refractivity contribution in [2.75, 3.05) is 6.54 Å². The molecule has 1 aromatic rings. The number of aromatic hydroxyl groups is 1. The maximum Gasteiger partial charge on any atom is 0.255 e. The quantitative estimate of drug-likeness (QED) is 0.788. The van der Waals surface area contributed by atoms with Gasteiger partial charge in [-0.1, -0.05) is 35.2 Å². The van der Waals surface area contributed by atoms with Crippen LogP contribution in [0, 0.1) is 5.92 Å². The Hall–Kier alpha value is -1.07. The predicted octanol–water partition coefficient (Wildman–Crippen LogP) is 2.79.